The van der Waals surface area contributed by atoms with Gasteiger partial charge < -0.3 is 14.7 Å². The van der Waals surface area contributed by atoms with Gasteiger partial charge in [-0.05, 0) is 39.3 Å². The van der Waals surface area contributed by atoms with Crippen molar-refractivity contribution in [3.05, 3.63) is 0 Å². The van der Waals surface area contributed by atoms with E-state index in [0.29, 0.717) is 12.7 Å². The van der Waals surface area contributed by atoms with Gasteiger partial charge in [-0.2, -0.15) is 0 Å². The topological polar surface area (TPSA) is 32.7 Å². The molecular weight excluding hydrogens is 190 g/mol. The van der Waals surface area contributed by atoms with E-state index in [1.54, 1.807) is 0 Å². The molecule has 0 spiro atoms. The molecule has 90 valence electrons. The van der Waals surface area contributed by atoms with Crippen LogP contribution in [-0.4, -0.2) is 49.5 Å². The molecular formula is C12H25NO2. The number of likely N-dealkylation sites (N-methyl/N-ethyl adjacent to an activating group) is 1. The first-order valence-corrected chi connectivity index (χ1v) is 6.24. The average Bonchev–Trinajstić information content (AvgIpc) is 2.70. The second-order valence-electron chi connectivity index (χ2n) is 4.54. The summed E-state index contributed by atoms with van der Waals surface area (Å²) in [4.78, 5) is 2.37. The Kier molecular flexibility index (Phi) is 6.98. The van der Waals surface area contributed by atoms with E-state index in [-0.39, 0.29) is 0 Å². The highest BCUT2D eigenvalue weighted by molar-refractivity contribution is 4.68. The third-order valence-corrected chi connectivity index (χ3v) is 2.99. The van der Waals surface area contributed by atoms with Crippen LogP contribution in [0.2, 0.25) is 0 Å². The van der Waals surface area contributed by atoms with Crippen LogP contribution in [0.15, 0.2) is 0 Å². The first-order valence-electron chi connectivity index (χ1n) is 6.24. The fraction of sp³-hybridized carbons (Fsp3) is 1.00. The van der Waals surface area contributed by atoms with Gasteiger partial charge in [0, 0.05) is 19.8 Å². The summed E-state index contributed by atoms with van der Waals surface area (Å²) in [6.45, 7) is 3.53. The number of nitrogens with zero attached hydrogens (tertiary/aromatic N) is 1. The number of hydrogen-bond donors (Lipinski definition) is 1. The van der Waals surface area contributed by atoms with Crippen LogP contribution in [0.25, 0.3) is 0 Å². The lowest BCUT2D eigenvalue weighted by atomic mass is 10.2. The molecule has 1 atom stereocenters. The Morgan fingerprint density at radius 2 is 2.07 bits per heavy atom. The van der Waals surface area contributed by atoms with Crippen LogP contribution in [0, 0.1) is 0 Å². The van der Waals surface area contributed by atoms with Crippen LogP contribution in [0.5, 0.6) is 0 Å². The number of hydrogen-bond acceptors (Lipinski definition) is 3. The van der Waals surface area contributed by atoms with Gasteiger partial charge in [0.25, 0.3) is 0 Å². The SMILES string of the molecule is CN(CCCCCCO)CC1CCCO1. The molecule has 1 N–H and O–H groups in total. The van der Waals surface area contributed by atoms with Gasteiger partial charge in [-0.25, -0.2) is 0 Å². The summed E-state index contributed by atoms with van der Waals surface area (Å²) in [6.07, 6.45) is 7.52. The maximum absolute atomic E-state index is 8.64. The molecule has 1 unspecified atom stereocenters. The van der Waals surface area contributed by atoms with E-state index in [9.17, 15) is 0 Å². The minimum Gasteiger partial charge on any atom is -0.396 e. The molecule has 1 fully saturated rings. The Hall–Kier alpha value is -0.120. The lowest BCUT2D eigenvalue weighted by Gasteiger charge is -2.20. The fourth-order valence-corrected chi connectivity index (χ4v) is 2.07. The number of aliphatic hydroxyl groups excluding tert-OH is 1. The zero-order valence-electron chi connectivity index (χ0n) is 9.95. The van der Waals surface area contributed by atoms with Gasteiger partial charge in [0.15, 0.2) is 0 Å². The second-order valence-corrected chi connectivity index (χ2v) is 4.54. The highest BCUT2D eigenvalue weighted by atomic mass is 16.5. The van der Waals surface area contributed by atoms with E-state index in [1.807, 2.05) is 0 Å². The standard InChI is InChI=1S/C12H25NO2/c1-13(8-4-2-3-5-9-14)11-12-7-6-10-15-12/h12,14H,2-11H2,1H3. The van der Waals surface area contributed by atoms with E-state index >= 15 is 0 Å². The zero-order chi connectivity index (χ0) is 10.9. The van der Waals surface area contributed by atoms with Gasteiger partial charge in [-0.1, -0.05) is 12.8 Å². The molecule has 1 aliphatic heterocycles. The molecule has 0 aromatic heterocycles. The molecule has 3 heteroatoms. The number of aliphatic hydroxyl groups is 1. The second kappa shape index (κ2) is 8.08. The van der Waals surface area contributed by atoms with Crippen LogP contribution >= 0.6 is 0 Å². The maximum Gasteiger partial charge on any atom is 0.0702 e. The van der Waals surface area contributed by atoms with Gasteiger partial charge in [0.2, 0.25) is 0 Å². The van der Waals surface area contributed by atoms with Crippen LogP contribution in [0.3, 0.4) is 0 Å². The molecule has 1 rings (SSSR count). The normalized spacial score (nSPS) is 21.4. The van der Waals surface area contributed by atoms with E-state index in [2.05, 4.69) is 11.9 Å². The van der Waals surface area contributed by atoms with E-state index in [1.165, 1.54) is 25.7 Å². The Bertz CT molecular complexity index is 147. The number of unbranched alkanes of at least 4 members (excludes halogenated alkanes) is 3. The van der Waals surface area contributed by atoms with Crippen LogP contribution < -0.4 is 0 Å². The summed E-state index contributed by atoms with van der Waals surface area (Å²) in [7, 11) is 2.17. The van der Waals surface area contributed by atoms with Gasteiger partial charge in [0.1, 0.15) is 0 Å². The summed E-state index contributed by atoms with van der Waals surface area (Å²) in [5.41, 5.74) is 0. The summed E-state index contributed by atoms with van der Waals surface area (Å²) >= 11 is 0. The lowest BCUT2D eigenvalue weighted by molar-refractivity contribution is 0.0807. The van der Waals surface area contributed by atoms with Crippen LogP contribution in [-0.2, 0) is 4.74 Å². The monoisotopic (exact) mass is 215 g/mol. The van der Waals surface area contributed by atoms with Crippen molar-refractivity contribution in [2.75, 3.05) is 33.4 Å². The fourth-order valence-electron chi connectivity index (χ4n) is 2.07. The largest absolute Gasteiger partial charge is 0.396 e. The molecule has 0 amide bonds. The third-order valence-electron chi connectivity index (χ3n) is 2.99. The molecule has 0 aromatic rings. The molecule has 0 aliphatic carbocycles. The molecule has 1 heterocycles. The van der Waals surface area contributed by atoms with Crippen molar-refractivity contribution in [1.82, 2.24) is 4.90 Å². The maximum atomic E-state index is 8.64. The first kappa shape index (κ1) is 12.9. The zero-order valence-corrected chi connectivity index (χ0v) is 9.95. The summed E-state index contributed by atoms with van der Waals surface area (Å²) in [5.74, 6) is 0. The third kappa shape index (κ3) is 6.13. The highest BCUT2D eigenvalue weighted by Crippen LogP contribution is 2.13. The van der Waals surface area contributed by atoms with E-state index < -0.39 is 0 Å². The minimum absolute atomic E-state index is 0.339. The molecule has 15 heavy (non-hydrogen) atoms. The van der Waals surface area contributed by atoms with Crippen molar-refractivity contribution in [3.63, 3.8) is 0 Å². The molecule has 1 saturated heterocycles. The molecule has 0 bridgehead atoms. The Morgan fingerprint density at radius 1 is 1.27 bits per heavy atom. The van der Waals surface area contributed by atoms with Crippen LogP contribution in [0.4, 0.5) is 0 Å². The van der Waals surface area contributed by atoms with Gasteiger partial charge in [-0.3, -0.25) is 0 Å². The average molecular weight is 215 g/mol. The van der Waals surface area contributed by atoms with Gasteiger partial charge in [-0.15, -0.1) is 0 Å². The van der Waals surface area contributed by atoms with Gasteiger partial charge >= 0.3 is 0 Å². The van der Waals surface area contributed by atoms with Crippen molar-refractivity contribution in [1.29, 1.82) is 0 Å². The van der Waals surface area contributed by atoms with Crippen molar-refractivity contribution in [2.45, 2.75) is 44.6 Å². The Morgan fingerprint density at radius 3 is 2.73 bits per heavy atom. The number of rotatable bonds is 8. The molecule has 3 nitrogen and oxygen atoms in total. The van der Waals surface area contributed by atoms with Crippen molar-refractivity contribution < 1.29 is 9.84 Å². The highest BCUT2D eigenvalue weighted by Gasteiger charge is 2.16. The van der Waals surface area contributed by atoms with E-state index in [0.717, 1.165) is 32.5 Å². The van der Waals surface area contributed by atoms with Gasteiger partial charge in [0.05, 0.1) is 6.10 Å². The summed E-state index contributed by atoms with van der Waals surface area (Å²) < 4.78 is 5.59. The predicted octanol–water partition coefficient (Wildman–Crippen LogP) is 1.65. The molecule has 1 aliphatic rings. The van der Waals surface area contributed by atoms with Crippen molar-refractivity contribution in [2.24, 2.45) is 0 Å². The Balaban J connectivity index is 1.91. The molecule has 0 aromatic carbocycles. The summed E-state index contributed by atoms with van der Waals surface area (Å²) in [6, 6.07) is 0. The Labute approximate surface area is 93.4 Å². The van der Waals surface area contributed by atoms with Crippen LogP contribution in [0.1, 0.15) is 38.5 Å². The van der Waals surface area contributed by atoms with Crippen molar-refractivity contribution in [3.8, 4) is 0 Å². The summed E-state index contributed by atoms with van der Waals surface area (Å²) in [5, 5.41) is 8.64. The molecule has 0 saturated carbocycles. The van der Waals surface area contributed by atoms with E-state index in [4.69, 9.17) is 9.84 Å². The smallest absolute Gasteiger partial charge is 0.0702 e. The predicted molar refractivity (Wildman–Crippen MR) is 62.0 cm³/mol. The van der Waals surface area contributed by atoms with Crippen molar-refractivity contribution >= 4 is 0 Å². The lowest BCUT2D eigenvalue weighted by Crippen LogP contribution is -2.29. The number of ether oxygens (including phenoxy) is 1. The molecule has 0 radical (unpaired) electrons. The minimum atomic E-state index is 0.339. The quantitative estimate of drug-likeness (QED) is 0.625. The first-order chi connectivity index (χ1) is 7.33.